The van der Waals surface area contributed by atoms with Gasteiger partial charge in [0, 0.05) is 28.7 Å². The quantitative estimate of drug-likeness (QED) is 0.396. The molecule has 0 spiro atoms. The van der Waals surface area contributed by atoms with Crippen molar-refractivity contribution >= 4 is 22.6 Å². The molecule has 0 fully saturated rings. The number of para-hydroxylation sites is 1. The summed E-state index contributed by atoms with van der Waals surface area (Å²) in [4.78, 5) is 28.0. The monoisotopic (exact) mass is 395 g/mol. The number of nitrogens with zero attached hydrogens (tertiary/aromatic N) is 1. The number of nitrogens with one attached hydrogen (secondary N) is 2. The van der Waals surface area contributed by atoms with Gasteiger partial charge in [0.2, 0.25) is 0 Å². The molecule has 0 aliphatic rings. The van der Waals surface area contributed by atoms with Gasteiger partial charge in [-0.25, -0.2) is 8.78 Å². The van der Waals surface area contributed by atoms with Crippen molar-refractivity contribution in [2.45, 2.75) is 13.5 Å². The van der Waals surface area contributed by atoms with Gasteiger partial charge in [-0.3, -0.25) is 9.59 Å². The minimum absolute atomic E-state index is 0.0435. The van der Waals surface area contributed by atoms with Crippen LogP contribution in [0.3, 0.4) is 0 Å². The average molecular weight is 395 g/mol. The van der Waals surface area contributed by atoms with Gasteiger partial charge in [0.05, 0.1) is 17.7 Å². The molecule has 8 heteroatoms. The Bertz CT molecular complexity index is 1240. The summed E-state index contributed by atoms with van der Waals surface area (Å²) in [6.45, 7) is 1.64. The lowest BCUT2D eigenvalue weighted by Crippen LogP contribution is -2.31. The first kappa shape index (κ1) is 18.5. The second kappa shape index (κ2) is 7.31. The zero-order valence-corrected chi connectivity index (χ0v) is 15.3. The molecule has 1 amide bonds. The summed E-state index contributed by atoms with van der Waals surface area (Å²) in [5.41, 5.74) is 2.01. The number of hydrogen-bond donors (Lipinski definition) is 2. The van der Waals surface area contributed by atoms with E-state index in [1.807, 2.05) is 12.1 Å². The third-order valence-corrected chi connectivity index (χ3v) is 4.51. The third-order valence-electron chi connectivity index (χ3n) is 4.51. The number of amides is 1. The van der Waals surface area contributed by atoms with Gasteiger partial charge in [-0.05, 0) is 25.1 Å². The molecule has 0 saturated heterocycles. The van der Waals surface area contributed by atoms with Crippen LogP contribution in [0.1, 0.15) is 21.7 Å². The SMILES string of the molecule is Cc1[nH]c2ccccc2c1C(=O)C(=O)NCc1cc(-c2ccc(F)cc2F)on1. The predicted octanol–water partition coefficient (Wildman–Crippen LogP) is 3.91. The smallest absolute Gasteiger partial charge is 0.292 e. The number of carbonyl (C=O) groups excluding carboxylic acids is 2. The van der Waals surface area contributed by atoms with Crippen LogP contribution in [0.15, 0.2) is 53.1 Å². The molecule has 0 aliphatic carbocycles. The van der Waals surface area contributed by atoms with Gasteiger partial charge in [-0.2, -0.15) is 0 Å². The van der Waals surface area contributed by atoms with E-state index in [1.54, 1.807) is 19.1 Å². The highest BCUT2D eigenvalue weighted by molar-refractivity contribution is 6.45. The number of aryl methyl sites for hydroxylation is 1. The minimum atomic E-state index is -0.796. The van der Waals surface area contributed by atoms with Crippen molar-refractivity contribution in [2.24, 2.45) is 0 Å². The number of benzene rings is 2. The zero-order chi connectivity index (χ0) is 20.5. The third kappa shape index (κ3) is 3.52. The molecular weight excluding hydrogens is 380 g/mol. The lowest BCUT2D eigenvalue weighted by molar-refractivity contribution is -0.117. The van der Waals surface area contributed by atoms with Gasteiger partial charge in [-0.1, -0.05) is 23.4 Å². The first-order chi connectivity index (χ1) is 13.9. The molecule has 4 rings (SSSR count). The molecule has 2 heterocycles. The molecule has 4 aromatic rings. The number of rotatable bonds is 5. The number of ketones is 1. The maximum atomic E-state index is 13.8. The van der Waals surface area contributed by atoms with Gasteiger partial charge in [-0.15, -0.1) is 0 Å². The summed E-state index contributed by atoms with van der Waals surface area (Å²) in [5.74, 6) is -2.87. The Morgan fingerprint density at radius 1 is 1.14 bits per heavy atom. The van der Waals surface area contributed by atoms with Gasteiger partial charge in [0.25, 0.3) is 11.7 Å². The molecule has 2 N–H and O–H groups in total. The molecular formula is C21H15F2N3O3. The van der Waals surface area contributed by atoms with Crippen LogP contribution < -0.4 is 5.32 Å². The number of fused-ring (bicyclic) bond motifs is 1. The Hall–Kier alpha value is -3.81. The lowest BCUT2D eigenvalue weighted by Gasteiger charge is -2.02. The maximum Gasteiger partial charge on any atom is 0.292 e. The highest BCUT2D eigenvalue weighted by Crippen LogP contribution is 2.25. The minimum Gasteiger partial charge on any atom is -0.358 e. The van der Waals surface area contributed by atoms with Crippen LogP contribution in [0.4, 0.5) is 8.78 Å². The predicted molar refractivity (Wildman–Crippen MR) is 101 cm³/mol. The molecule has 0 saturated carbocycles. The molecule has 0 atom stereocenters. The van der Waals surface area contributed by atoms with Gasteiger partial charge in [0.1, 0.15) is 17.3 Å². The van der Waals surface area contributed by atoms with Crippen molar-refractivity contribution in [2.75, 3.05) is 0 Å². The van der Waals surface area contributed by atoms with Gasteiger partial charge >= 0.3 is 0 Å². The number of aromatic amines is 1. The van der Waals surface area contributed by atoms with E-state index in [4.69, 9.17) is 4.52 Å². The Balaban J connectivity index is 1.48. The second-order valence-electron chi connectivity index (χ2n) is 6.49. The summed E-state index contributed by atoms with van der Waals surface area (Å²) < 4.78 is 31.9. The number of hydrogen-bond acceptors (Lipinski definition) is 4. The summed E-state index contributed by atoms with van der Waals surface area (Å²) >= 11 is 0. The Morgan fingerprint density at radius 2 is 1.93 bits per heavy atom. The number of carbonyl (C=O) groups is 2. The van der Waals surface area contributed by atoms with Crippen LogP contribution >= 0.6 is 0 Å². The van der Waals surface area contributed by atoms with Gasteiger partial charge in [0.15, 0.2) is 5.76 Å². The van der Waals surface area contributed by atoms with Crippen LogP contribution in [0.25, 0.3) is 22.2 Å². The van der Waals surface area contributed by atoms with Crippen molar-refractivity contribution in [3.8, 4) is 11.3 Å². The number of H-pyrrole nitrogens is 1. The van der Waals surface area contributed by atoms with Crippen LogP contribution in [0.5, 0.6) is 0 Å². The fourth-order valence-corrected chi connectivity index (χ4v) is 3.15. The molecule has 0 unspecified atom stereocenters. The topological polar surface area (TPSA) is 88.0 Å². The van der Waals surface area contributed by atoms with E-state index in [2.05, 4.69) is 15.5 Å². The Labute approximate surface area is 163 Å². The summed E-state index contributed by atoms with van der Waals surface area (Å²) in [6.07, 6.45) is 0. The van der Waals surface area contributed by atoms with Crippen LogP contribution in [-0.4, -0.2) is 21.8 Å². The zero-order valence-electron chi connectivity index (χ0n) is 15.3. The lowest BCUT2D eigenvalue weighted by atomic mass is 10.1. The molecule has 6 nitrogen and oxygen atoms in total. The van der Waals surface area contributed by atoms with E-state index >= 15 is 0 Å². The highest BCUT2D eigenvalue weighted by Gasteiger charge is 2.23. The van der Waals surface area contributed by atoms with E-state index in [0.29, 0.717) is 22.3 Å². The van der Waals surface area contributed by atoms with Crippen molar-refractivity contribution in [1.82, 2.24) is 15.5 Å². The molecule has 0 aliphatic heterocycles. The van der Waals surface area contributed by atoms with Crippen molar-refractivity contribution < 1.29 is 22.9 Å². The molecule has 146 valence electrons. The Kier molecular flexibility index (Phi) is 4.67. The van der Waals surface area contributed by atoms with E-state index in [-0.39, 0.29) is 17.9 Å². The largest absolute Gasteiger partial charge is 0.358 e. The number of Topliss-reactive ketones (excluding diaryl/α,β-unsaturated/α-hetero) is 1. The second-order valence-corrected chi connectivity index (χ2v) is 6.49. The number of aromatic nitrogens is 2. The van der Waals surface area contributed by atoms with Crippen molar-refractivity contribution in [3.63, 3.8) is 0 Å². The molecule has 2 aromatic carbocycles. The van der Waals surface area contributed by atoms with Crippen molar-refractivity contribution in [1.29, 1.82) is 0 Å². The van der Waals surface area contributed by atoms with Gasteiger partial charge < -0.3 is 14.8 Å². The van der Waals surface area contributed by atoms with E-state index in [0.717, 1.165) is 17.6 Å². The summed E-state index contributed by atoms with van der Waals surface area (Å²) in [6, 6.07) is 11.7. The fraction of sp³-hybridized carbons (Fsp3) is 0.0952. The number of halogens is 2. The molecule has 0 bridgehead atoms. The highest BCUT2D eigenvalue weighted by atomic mass is 19.1. The van der Waals surface area contributed by atoms with Crippen LogP contribution in [-0.2, 0) is 11.3 Å². The normalized spacial score (nSPS) is 11.0. The molecule has 0 radical (unpaired) electrons. The molecule has 2 aromatic heterocycles. The first-order valence-corrected chi connectivity index (χ1v) is 8.75. The standard InChI is InChI=1S/C21H15F2N3O3/c1-11-19(15-4-2-3-5-17(15)25-11)20(27)21(28)24-10-13-9-18(29-26-13)14-7-6-12(22)8-16(14)23/h2-9,25H,10H2,1H3,(H,24,28). The summed E-state index contributed by atoms with van der Waals surface area (Å²) in [7, 11) is 0. The average Bonchev–Trinajstić information content (AvgIpc) is 3.29. The van der Waals surface area contributed by atoms with Crippen LogP contribution in [0, 0.1) is 18.6 Å². The van der Waals surface area contributed by atoms with Crippen LogP contribution in [0.2, 0.25) is 0 Å². The fourth-order valence-electron chi connectivity index (χ4n) is 3.15. The summed E-state index contributed by atoms with van der Waals surface area (Å²) in [5, 5.41) is 6.91. The Morgan fingerprint density at radius 3 is 2.72 bits per heavy atom. The van der Waals surface area contributed by atoms with E-state index < -0.39 is 23.3 Å². The van der Waals surface area contributed by atoms with E-state index in [9.17, 15) is 18.4 Å². The molecule has 29 heavy (non-hydrogen) atoms. The van der Waals surface area contributed by atoms with E-state index in [1.165, 1.54) is 12.1 Å². The van der Waals surface area contributed by atoms with Crippen molar-refractivity contribution in [3.05, 3.63) is 77.1 Å². The first-order valence-electron chi connectivity index (χ1n) is 8.75. The maximum absolute atomic E-state index is 13.8.